The molecular formula is C19H17Cl2N3O2S2. The molecule has 1 aromatic heterocycles. The van der Waals surface area contributed by atoms with Gasteiger partial charge in [0, 0.05) is 23.4 Å². The van der Waals surface area contributed by atoms with E-state index in [0.29, 0.717) is 25.8 Å². The Hall–Kier alpha value is -1.77. The first-order valence-electron chi connectivity index (χ1n) is 8.18. The Bertz CT molecular complexity index is 974. The zero-order chi connectivity index (χ0) is 20.3. The third kappa shape index (κ3) is 4.61. The van der Waals surface area contributed by atoms with E-state index < -0.39 is 0 Å². The summed E-state index contributed by atoms with van der Waals surface area (Å²) in [5.41, 5.74) is 3.14. The highest BCUT2D eigenvalue weighted by Gasteiger charge is 2.20. The summed E-state index contributed by atoms with van der Waals surface area (Å²) < 4.78 is 7.35. The molecule has 0 amide bonds. The van der Waals surface area contributed by atoms with E-state index in [9.17, 15) is 5.21 Å². The summed E-state index contributed by atoms with van der Waals surface area (Å²) in [6, 6.07) is 14.9. The fourth-order valence-corrected chi connectivity index (χ4v) is 3.85. The second-order valence-corrected chi connectivity index (χ2v) is 8.23. The third-order valence-electron chi connectivity index (χ3n) is 3.93. The number of benzene rings is 2. The van der Waals surface area contributed by atoms with Crippen LogP contribution < -0.4 is 4.74 Å². The van der Waals surface area contributed by atoms with Gasteiger partial charge in [-0.15, -0.1) is 0 Å². The molecule has 3 rings (SSSR count). The lowest BCUT2D eigenvalue weighted by Gasteiger charge is -2.09. The van der Waals surface area contributed by atoms with E-state index in [1.165, 1.54) is 18.8 Å². The highest BCUT2D eigenvalue weighted by Crippen LogP contribution is 2.35. The minimum absolute atomic E-state index is 0.336. The Kier molecular flexibility index (Phi) is 6.85. The fourth-order valence-electron chi connectivity index (χ4n) is 2.53. The molecule has 28 heavy (non-hydrogen) atoms. The molecule has 0 radical (unpaired) electrons. The maximum Gasteiger partial charge on any atom is 0.160 e. The number of ether oxygens (including phenoxy) is 1. The average Bonchev–Trinajstić information content (AvgIpc) is 3.03. The molecule has 0 atom stereocenters. The van der Waals surface area contributed by atoms with Gasteiger partial charge in [-0.1, -0.05) is 59.3 Å². The number of thiocarbonyl (C=S) groups is 1. The minimum Gasteiger partial charge on any atom is -0.497 e. The Morgan fingerprint density at radius 2 is 1.82 bits per heavy atom. The van der Waals surface area contributed by atoms with Gasteiger partial charge in [-0.05, 0) is 36.4 Å². The third-order valence-corrected chi connectivity index (χ3v) is 6.12. The van der Waals surface area contributed by atoms with E-state index in [0.717, 1.165) is 27.8 Å². The first kappa shape index (κ1) is 21.0. The number of rotatable bonds is 5. The zero-order valence-electron chi connectivity index (χ0n) is 15.1. The second kappa shape index (κ2) is 9.15. The lowest BCUT2D eigenvalue weighted by Crippen LogP contribution is -2.17. The molecule has 5 nitrogen and oxygen atoms in total. The molecule has 0 bridgehead atoms. The van der Waals surface area contributed by atoms with Crippen molar-refractivity contribution >= 4 is 51.5 Å². The van der Waals surface area contributed by atoms with Gasteiger partial charge in [-0.3, -0.25) is 5.21 Å². The van der Waals surface area contributed by atoms with Gasteiger partial charge in [0.1, 0.15) is 5.75 Å². The molecule has 0 spiro atoms. The monoisotopic (exact) mass is 453 g/mol. The van der Waals surface area contributed by atoms with Gasteiger partial charge in [-0.25, -0.2) is 9.75 Å². The summed E-state index contributed by atoms with van der Waals surface area (Å²) in [6.45, 7) is 0. The number of hydrogen-bond donors (Lipinski definition) is 1. The maximum absolute atomic E-state index is 9.45. The van der Waals surface area contributed by atoms with Crippen molar-refractivity contribution in [1.82, 2.24) is 14.8 Å². The average molecular weight is 454 g/mol. The van der Waals surface area contributed by atoms with Crippen molar-refractivity contribution in [1.29, 1.82) is 0 Å². The van der Waals surface area contributed by atoms with E-state index in [2.05, 4.69) is 0 Å². The molecule has 9 heteroatoms. The van der Waals surface area contributed by atoms with Gasteiger partial charge in [0.25, 0.3) is 0 Å². The van der Waals surface area contributed by atoms with Gasteiger partial charge in [0.2, 0.25) is 0 Å². The van der Waals surface area contributed by atoms with Crippen molar-refractivity contribution in [2.24, 2.45) is 0 Å². The van der Waals surface area contributed by atoms with Crippen molar-refractivity contribution in [3.63, 3.8) is 0 Å². The predicted octanol–water partition coefficient (Wildman–Crippen LogP) is 5.69. The normalized spacial score (nSPS) is 10.8. The standard InChI is InChI=1S/C19H17Cl2N3O2S2/c1-23(25)19(27)28-11-16-17(21)18(12-3-5-13(20)6-4-12)24(22-16)14-7-9-15(26-2)10-8-14/h3-10,25H,11H2,1-2H3. The molecule has 146 valence electrons. The number of hydroxylamine groups is 2. The molecule has 3 aromatic rings. The fraction of sp³-hybridized carbons (Fsp3) is 0.158. The van der Waals surface area contributed by atoms with Gasteiger partial charge in [0.15, 0.2) is 4.32 Å². The highest BCUT2D eigenvalue weighted by atomic mass is 35.5. The Labute approximate surface area is 182 Å². The molecule has 2 aromatic carbocycles. The van der Waals surface area contributed by atoms with Gasteiger partial charge in [0.05, 0.1) is 29.2 Å². The van der Waals surface area contributed by atoms with E-state index >= 15 is 0 Å². The smallest absolute Gasteiger partial charge is 0.160 e. The van der Waals surface area contributed by atoms with Crippen LogP contribution in [0.1, 0.15) is 5.69 Å². The number of halogens is 2. The van der Waals surface area contributed by atoms with E-state index in [4.69, 9.17) is 45.3 Å². The molecule has 1 heterocycles. The lowest BCUT2D eigenvalue weighted by molar-refractivity contribution is 0.0205. The molecule has 0 saturated heterocycles. The molecule has 0 fully saturated rings. The van der Waals surface area contributed by atoms with Crippen molar-refractivity contribution in [3.8, 4) is 22.7 Å². The number of thioether (sulfide) groups is 1. The minimum atomic E-state index is 0.336. The lowest BCUT2D eigenvalue weighted by atomic mass is 10.1. The van der Waals surface area contributed by atoms with Crippen LogP contribution in [-0.2, 0) is 5.75 Å². The van der Waals surface area contributed by atoms with Gasteiger partial charge in [-0.2, -0.15) is 5.10 Å². The highest BCUT2D eigenvalue weighted by molar-refractivity contribution is 8.22. The molecule has 0 saturated carbocycles. The van der Waals surface area contributed by atoms with Crippen LogP contribution in [-0.4, -0.2) is 38.5 Å². The molecule has 0 aliphatic rings. The van der Waals surface area contributed by atoms with Crippen molar-refractivity contribution in [3.05, 3.63) is 64.3 Å². The second-order valence-electron chi connectivity index (χ2n) is 5.80. The van der Waals surface area contributed by atoms with Crippen LogP contribution in [0.4, 0.5) is 0 Å². The molecular weight excluding hydrogens is 437 g/mol. The number of aromatic nitrogens is 2. The predicted molar refractivity (Wildman–Crippen MR) is 119 cm³/mol. The van der Waals surface area contributed by atoms with E-state index in [1.54, 1.807) is 11.8 Å². The topological polar surface area (TPSA) is 50.5 Å². The summed E-state index contributed by atoms with van der Waals surface area (Å²) in [7, 11) is 3.10. The first-order chi connectivity index (χ1) is 13.4. The Morgan fingerprint density at radius 1 is 1.18 bits per heavy atom. The van der Waals surface area contributed by atoms with Gasteiger partial charge >= 0.3 is 0 Å². The Balaban J connectivity index is 2.06. The molecule has 1 N–H and O–H groups in total. The van der Waals surface area contributed by atoms with Crippen LogP contribution in [0.5, 0.6) is 5.75 Å². The summed E-state index contributed by atoms with van der Waals surface area (Å²) in [6.07, 6.45) is 0. The SMILES string of the molecule is COc1ccc(-n2nc(CSC(=S)N(C)O)c(Cl)c2-c2ccc(Cl)cc2)cc1. The summed E-state index contributed by atoms with van der Waals surface area (Å²) in [5, 5.41) is 16.2. The van der Waals surface area contributed by atoms with Crippen molar-refractivity contribution < 1.29 is 9.94 Å². The largest absolute Gasteiger partial charge is 0.497 e. The summed E-state index contributed by atoms with van der Waals surface area (Å²) in [4.78, 5) is 0. The summed E-state index contributed by atoms with van der Waals surface area (Å²) in [5.74, 6) is 1.17. The molecule has 0 unspecified atom stereocenters. The van der Waals surface area contributed by atoms with Crippen LogP contribution in [0, 0.1) is 0 Å². The zero-order valence-corrected chi connectivity index (χ0v) is 18.2. The van der Waals surface area contributed by atoms with Crippen molar-refractivity contribution in [2.75, 3.05) is 14.2 Å². The van der Waals surface area contributed by atoms with Crippen molar-refractivity contribution in [2.45, 2.75) is 5.75 Å². The van der Waals surface area contributed by atoms with Crippen LogP contribution >= 0.6 is 47.2 Å². The number of methoxy groups -OCH3 is 1. The van der Waals surface area contributed by atoms with Crippen LogP contribution in [0.15, 0.2) is 48.5 Å². The van der Waals surface area contributed by atoms with Crippen LogP contribution in [0.2, 0.25) is 10.0 Å². The quantitative estimate of drug-likeness (QED) is 0.395. The Morgan fingerprint density at radius 3 is 2.39 bits per heavy atom. The van der Waals surface area contributed by atoms with E-state index in [1.807, 2.05) is 48.5 Å². The van der Waals surface area contributed by atoms with Gasteiger partial charge < -0.3 is 4.74 Å². The maximum atomic E-state index is 9.45. The van der Waals surface area contributed by atoms with Crippen LogP contribution in [0.3, 0.4) is 0 Å². The molecule has 0 aliphatic carbocycles. The summed E-state index contributed by atoms with van der Waals surface area (Å²) >= 11 is 19.1. The first-order valence-corrected chi connectivity index (χ1v) is 10.3. The number of hydrogen-bond acceptors (Lipinski definition) is 5. The van der Waals surface area contributed by atoms with Crippen LogP contribution in [0.25, 0.3) is 16.9 Å². The molecule has 0 aliphatic heterocycles. The van der Waals surface area contributed by atoms with E-state index in [-0.39, 0.29) is 0 Å². The number of nitrogens with zero attached hydrogens (tertiary/aromatic N) is 3.